The molecule has 16 heavy (non-hydrogen) atoms. The van der Waals surface area contributed by atoms with Crippen molar-refractivity contribution in [3.8, 4) is 0 Å². The predicted molar refractivity (Wildman–Crippen MR) is 67.6 cm³/mol. The van der Waals surface area contributed by atoms with Crippen LogP contribution in [0.1, 0.15) is 31.4 Å². The maximum Gasteiger partial charge on any atom is 0.106 e. The highest BCUT2D eigenvalue weighted by Crippen LogP contribution is 2.08. The van der Waals surface area contributed by atoms with Crippen molar-refractivity contribution in [1.82, 2.24) is 0 Å². The Hall–Kier alpha value is -1.35. The van der Waals surface area contributed by atoms with E-state index in [9.17, 15) is 0 Å². The van der Waals surface area contributed by atoms with Crippen molar-refractivity contribution in [2.75, 3.05) is 7.11 Å². The monoisotopic (exact) mass is 220 g/mol. The van der Waals surface area contributed by atoms with Gasteiger partial charge in [-0.25, -0.2) is 0 Å². The molecule has 0 bridgehead atoms. The van der Waals surface area contributed by atoms with Crippen molar-refractivity contribution in [2.24, 2.45) is 10.9 Å². The summed E-state index contributed by atoms with van der Waals surface area (Å²) in [7, 11) is 1.55. The average Bonchev–Trinajstić information content (AvgIpc) is 2.30. The van der Waals surface area contributed by atoms with E-state index >= 15 is 0 Å². The fourth-order valence-electron chi connectivity index (χ4n) is 1.52. The first-order chi connectivity index (χ1) is 7.67. The highest BCUT2D eigenvalue weighted by atomic mass is 16.6. The van der Waals surface area contributed by atoms with Gasteiger partial charge >= 0.3 is 0 Å². The van der Waals surface area contributed by atoms with E-state index in [4.69, 9.17) is 10.6 Å². The highest BCUT2D eigenvalue weighted by Gasteiger charge is 2.02. The molecule has 3 heteroatoms. The van der Waals surface area contributed by atoms with Crippen molar-refractivity contribution < 1.29 is 4.84 Å². The van der Waals surface area contributed by atoms with Gasteiger partial charge in [-0.2, -0.15) is 0 Å². The molecule has 3 nitrogen and oxygen atoms in total. The number of hydrogen-bond acceptors (Lipinski definition) is 3. The van der Waals surface area contributed by atoms with E-state index in [0.29, 0.717) is 0 Å². The molecule has 1 atom stereocenters. The standard InChI is InChI=1S/C13H20N2O/c1-4-13(14)9-11-5-7-12(8-6-11)10(2)15-16-3/h5-8,13H,4,9,14H2,1-3H3/b15-10-. The van der Waals surface area contributed by atoms with E-state index in [2.05, 4.69) is 36.3 Å². The predicted octanol–water partition coefficient (Wildman–Crippen LogP) is 2.34. The van der Waals surface area contributed by atoms with E-state index in [1.54, 1.807) is 7.11 Å². The number of rotatable bonds is 5. The molecule has 1 aromatic carbocycles. The number of nitrogens with zero attached hydrogens (tertiary/aromatic N) is 1. The van der Waals surface area contributed by atoms with Gasteiger partial charge in [-0.15, -0.1) is 0 Å². The van der Waals surface area contributed by atoms with Gasteiger partial charge in [-0.3, -0.25) is 0 Å². The lowest BCUT2D eigenvalue weighted by molar-refractivity contribution is 0.213. The Morgan fingerprint density at radius 1 is 1.38 bits per heavy atom. The molecule has 0 heterocycles. The number of hydrogen-bond donors (Lipinski definition) is 1. The van der Waals surface area contributed by atoms with Gasteiger partial charge in [-0.1, -0.05) is 36.3 Å². The fraction of sp³-hybridized carbons (Fsp3) is 0.462. The summed E-state index contributed by atoms with van der Waals surface area (Å²) in [6.07, 6.45) is 1.93. The lowest BCUT2D eigenvalue weighted by atomic mass is 10.0. The highest BCUT2D eigenvalue weighted by molar-refractivity contribution is 5.98. The Kier molecular flexibility index (Phi) is 4.99. The molecule has 0 aromatic heterocycles. The molecule has 0 fully saturated rings. The van der Waals surface area contributed by atoms with Gasteiger partial charge in [0.2, 0.25) is 0 Å². The van der Waals surface area contributed by atoms with Crippen molar-refractivity contribution in [2.45, 2.75) is 32.7 Å². The molecule has 88 valence electrons. The summed E-state index contributed by atoms with van der Waals surface area (Å²) in [5.74, 6) is 0. The zero-order chi connectivity index (χ0) is 12.0. The lowest BCUT2D eigenvalue weighted by Gasteiger charge is -2.09. The number of benzene rings is 1. The Balaban J connectivity index is 2.71. The first kappa shape index (κ1) is 12.7. The third-order valence-corrected chi connectivity index (χ3v) is 2.62. The third kappa shape index (κ3) is 3.66. The average molecular weight is 220 g/mol. The summed E-state index contributed by atoms with van der Waals surface area (Å²) in [6, 6.07) is 8.55. The Bertz CT molecular complexity index is 343. The minimum absolute atomic E-state index is 0.250. The molecular weight excluding hydrogens is 200 g/mol. The molecule has 1 aromatic rings. The van der Waals surface area contributed by atoms with Gasteiger partial charge in [0.1, 0.15) is 7.11 Å². The minimum atomic E-state index is 0.250. The quantitative estimate of drug-likeness (QED) is 0.611. The first-order valence-electron chi connectivity index (χ1n) is 5.60. The summed E-state index contributed by atoms with van der Waals surface area (Å²) in [5, 5.41) is 3.89. The molecule has 0 spiro atoms. The van der Waals surface area contributed by atoms with Crippen LogP contribution in [0.5, 0.6) is 0 Å². The van der Waals surface area contributed by atoms with Crippen LogP contribution in [-0.4, -0.2) is 18.9 Å². The normalized spacial score (nSPS) is 13.6. The van der Waals surface area contributed by atoms with Crippen molar-refractivity contribution >= 4 is 5.71 Å². The van der Waals surface area contributed by atoms with Gasteiger partial charge in [0, 0.05) is 6.04 Å². The smallest absolute Gasteiger partial charge is 0.106 e. The molecule has 0 saturated carbocycles. The van der Waals surface area contributed by atoms with Gasteiger partial charge in [0.05, 0.1) is 5.71 Å². The van der Waals surface area contributed by atoms with Gasteiger partial charge in [-0.05, 0) is 30.9 Å². The SMILES string of the molecule is CCC(N)Cc1ccc(/C(C)=N\OC)cc1. The van der Waals surface area contributed by atoms with Crippen molar-refractivity contribution in [3.63, 3.8) is 0 Å². The van der Waals surface area contributed by atoms with E-state index in [1.165, 1.54) is 5.56 Å². The van der Waals surface area contributed by atoms with Crippen LogP contribution in [0.3, 0.4) is 0 Å². The van der Waals surface area contributed by atoms with Gasteiger partial charge in [0.25, 0.3) is 0 Å². The fourth-order valence-corrected chi connectivity index (χ4v) is 1.52. The second kappa shape index (κ2) is 6.28. The van der Waals surface area contributed by atoms with Crippen LogP contribution < -0.4 is 5.73 Å². The molecule has 1 rings (SSSR count). The van der Waals surface area contributed by atoms with Crippen LogP contribution in [0.2, 0.25) is 0 Å². The van der Waals surface area contributed by atoms with E-state index in [1.807, 2.05) is 6.92 Å². The molecular formula is C13H20N2O. The summed E-state index contributed by atoms with van der Waals surface area (Å²) < 4.78 is 0. The second-order valence-corrected chi connectivity index (χ2v) is 3.93. The van der Waals surface area contributed by atoms with Crippen molar-refractivity contribution in [3.05, 3.63) is 35.4 Å². The summed E-state index contributed by atoms with van der Waals surface area (Å²) in [6.45, 7) is 4.03. The zero-order valence-corrected chi connectivity index (χ0v) is 10.2. The van der Waals surface area contributed by atoms with Crippen LogP contribution in [0.25, 0.3) is 0 Å². The van der Waals surface area contributed by atoms with Crippen LogP contribution in [0.4, 0.5) is 0 Å². The van der Waals surface area contributed by atoms with Crippen LogP contribution in [0, 0.1) is 0 Å². The van der Waals surface area contributed by atoms with Crippen molar-refractivity contribution in [1.29, 1.82) is 0 Å². The summed E-state index contributed by atoms with van der Waals surface area (Å²) >= 11 is 0. The van der Waals surface area contributed by atoms with Crippen LogP contribution in [0.15, 0.2) is 29.4 Å². The zero-order valence-electron chi connectivity index (χ0n) is 10.2. The minimum Gasteiger partial charge on any atom is -0.399 e. The molecule has 0 aliphatic carbocycles. The molecule has 0 amide bonds. The number of nitrogens with two attached hydrogens (primary N) is 1. The first-order valence-corrected chi connectivity index (χ1v) is 5.60. The summed E-state index contributed by atoms with van der Waals surface area (Å²) in [4.78, 5) is 4.74. The second-order valence-electron chi connectivity index (χ2n) is 3.93. The third-order valence-electron chi connectivity index (χ3n) is 2.62. The molecule has 1 unspecified atom stereocenters. The van der Waals surface area contributed by atoms with Gasteiger partial charge in [0.15, 0.2) is 0 Å². The maximum atomic E-state index is 5.91. The molecule has 0 radical (unpaired) electrons. The van der Waals surface area contributed by atoms with Crippen LogP contribution in [-0.2, 0) is 11.3 Å². The lowest BCUT2D eigenvalue weighted by Crippen LogP contribution is -2.21. The van der Waals surface area contributed by atoms with E-state index in [-0.39, 0.29) is 6.04 Å². The largest absolute Gasteiger partial charge is 0.399 e. The van der Waals surface area contributed by atoms with E-state index < -0.39 is 0 Å². The molecule has 0 saturated heterocycles. The maximum absolute atomic E-state index is 5.91. The van der Waals surface area contributed by atoms with E-state index in [0.717, 1.165) is 24.1 Å². The Labute approximate surface area is 97.3 Å². The molecule has 0 aliphatic heterocycles. The topological polar surface area (TPSA) is 47.6 Å². The van der Waals surface area contributed by atoms with Gasteiger partial charge < -0.3 is 10.6 Å². The van der Waals surface area contributed by atoms with Crippen LogP contribution >= 0.6 is 0 Å². The Morgan fingerprint density at radius 2 is 2.00 bits per heavy atom. The summed E-state index contributed by atoms with van der Waals surface area (Å²) in [5.41, 5.74) is 9.14. The molecule has 0 aliphatic rings. The molecule has 2 N–H and O–H groups in total. The number of oxime groups is 1. The Morgan fingerprint density at radius 3 is 2.50 bits per heavy atom.